The van der Waals surface area contributed by atoms with Crippen LogP contribution in [0.4, 0.5) is 0 Å². The van der Waals surface area contributed by atoms with Gasteiger partial charge in [-0.3, -0.25) is 4.79 Å². The van der Waals surface area contributed by atoms with E-state index in [1.54, 1.807) is 24.3 Å². The van der Waals surface area contributed by atoms with E-state index < -0.39 is 0 Å². The van der Waals surface area contributed by atoms with Crippen molar-refractivity contribution in [3.63, 3.8) is 0 Å². The first-order valence-electron chi connectivity index (χ1n) is 7.30. The maximum atomic E-state index is 11.9. The number of amides is 1. The van der Waals surface area contributed by atoms with Gasteiger partial charge in [0.25, 0.3) is 0 Å². The molecular weight excluding hydrogens is 278 g/mol. The lowest BCUT2D eigenvalue weighted by molar-refractivity contribution is -0.136. The molecular formula is C18H17NO3. The first-order valence-corrected chi connectivity index (χ1v) is 7.30. The van der Waals surface area contributed by atoms with Crippen LogP contribution < -0.4 is 5.32 Å². The molecule has 1 saturated heterocycles. The van der Waals surface area contributed by atoms with Crippen molar-refractivity contribution in [3.05, 3.63) is 71.8 Å². The van der Waals surface area contributed by atoms with Crippen LogP contribution in [0.25, 0.3) is 0 Å². The number of carbonyl (C=O) groups excluding carboxylic acids is 2. The lowest BCUT2D eigenvalue weighted by Crippen LogP contribution is -2.61. The maximum absolute atomic E-state index is 11.9. The Labute approximate surface area is 129 Å². The van der Waals surface area contributed by atoms with Crippen LogP contribution in [0.5, 0.6) is 0 Å². The molecule has 1 amide bonds. The highest BCUT2D eigenvalue weighted by atomic mass is 16.5. The minimum atomic E-state index is -0.361. The van der Waals surface area contributed by atoms with Crippen LogP contribution in [0, 0.1) is 5.92 Å². The molecule has 3 rings (SSSR count). The van der Waals surface area contributed by atoms with Gasteiger partial charge in [0.2, 0.25) is 5.91 Å². The summed E-state index contributed by atoms with van der Waals surface area (Å²) in [5.74, 6) is -0.476. The van der Waals surface area contributed by atoms with E-state index in [1.165, 1.54) is 0 Å². The number of hydrogen-bond acceptors (Lipinski definition) is 3. The lowest BCUT2D eigenvalue weighted by Gasteiger charge is -2.36. The van der Waals surface area contributed by atoms with Gasteiger partial charge >= 0.3 is 5.97 Å². The Morgan fingerprint density at radius 2 is 1.64 bits per heavy atom. The fraction of sp³-hybridized carbons (Fsp3) is 0.222. The molecule has 1 heterocycles. The fourth-order valence-corrected chi connectivity index (χ4v) is 2.56. The van der Waals surface area contributed by atoms with E-state index in [0.29, 0.717) is 12.0 Å². The van der Waals surface area contributed by atoms with Crippen molar-refractivity contribution < 1.29 is 14.3 Å². The molecule has 0 aliphatic carbocycles. The normalized spacial score (nSPS) is 19.9. The molecule has 0 aromatic heterocycles. The van der Waals surface area contributed by atoms with E-state index in [-0.39, 0.29) is 30.4 Å². The molecule has 0 unspecified atom stereocenters. The van der Waals surface area contributed by atoms with E-state index in [9.17, 15) is 9.59 Å². The highest BCUT2D eigenvalue weighted by Gasteiger charge is 2.39. The van der Waals surface area contributed by atoms with Crippen molar-refractivity contribution in [2.45, 2.75) is 12.5 Å². The predicted molar refractivity (Wildman–Crippen MR) is 82.3 cm³/mol. The molecule has 1 N–H and O–H groups in total. The summed E-state index contributed by atoms with van der Waals surface area (Å²) in [7, 11) is 0. The smallest absolute Gasteiger partial charge is 0.338 e. The number of ether oxygens (including phenoxy) is 1. The largest absolute Gasteiger partial charge is 0.460 e. The first-order chi connectivity index (χ1) is 10.7. The van der Waals surface area contributed by atoms with Gasteiger partial charge in [-0.1, -0.05) is 48.5 Å². The van der Waals surface area contributed by atoms with E-state index in [2.05, 4.69) is 5.32 Å². The zero-order chi connectivity index (χ0) is 15.4. The summed E-state index contributed by atoms with van der Waals surface area (Å²) in [5.41, 5.74) is 1.63. The second kappa shape index (κ2) is 6.43. The van der Waals surface area contributed by atoms with Gasteiger partial charge in [-0.15, -0.1) is 0 Å². The van der Waals surface area contributed by atoms with Crippen molar-refractivity contribution in [1.29, 1.82) is 0 Å². The van der Waals surface area contributed by atoms with Gasteiger partial charge < -0.3 is 10.1 Å². The van der Waals surface area contributed by atoms with Gasteiger partial charge in [-0.25, -0.2) is 4.79 Å². The average Bonchev–Trinajstić information content (AvgIpc) is 2.58. The minimum Gasteiger partial charge on any atom is -0.460 e. The third-order valence-corrected chi connectivity index (χ3v) is 3.85. The van der Waals surface area contributed by atoms with Crippen molar-refractivity contribution >= 4 is 11.9 Å². The Balaban J connectivity index is 1.54. The molecule has 4 nitrogen and oxygen atoms in total. The molecule has 22 heavy (non-hydrogen) atoms. The van der Waals surface area contributed by atoms with Crippen molar-refractivity contribution in [1.82, 2.24) is 5.32 Å². The van der Waals surface area contributed by atoms with Crippen molar-refractivity contribution in [2.75, 3.05) is 6.61 Å². The van der Waals surface area contributed by atoms with Gasteiger partial charge in [0.15, 0.2) is 0 Å². The molecule has 112 valence electrons. The SMILES string of the molecule is O=C(OC[C@H]1NC(=O)[C@H]1Cc1ccccc1)c1ccccc1. The predicted octanol–water partition coefficient (Wildman–Crippen LogP) is 2.20. The molecule has 2 aromatic carbocycles. The van der Waals surface area contributed by atoms with Crippen LogP contribution in [0.15, 0.2) is 60.7 Å². The fourth-order valence-electron chi connectivity index (χ4n) is 2.56. The highest BCUT2D eigenvalue weighted by molar-refractivity contribution is 5.90. The molecule has 0 spiro atoms. The number of nitrogens with one attached hydrogen (secondary N) is 1. The molecule has 1 aliphatic rings. The quantitative estimate of drug-likeness (QED) is 0.679. The van der Waals surface area contributed by atoms with Crippen LogP contribution >= 0.6 is 0 Å². The van der Waals surface area contributed by atoms with Gasteiger partial charge in [0.1, 0.15) is 6.61 Å². The second-order valence-corrected chi connectivity index (χ2v) is 5.38. The van der Waals surface area contributed by atoms with Gasteiger partial charge in [-0.2, -0.15) is 0 Å². The molecule has 1 aliphatic heterocycles. The van der Waals surface area contributed by atoms with Gasteiger partial charge in [0, 0.05) is 0 Å². The maximum Gasteiger partial charge on any atom is 0.338 e. The molecule has 0 bridgehead atoms. The Bertz CT molecular complexity index is 655. The summed E-state index contributed by atoms with van der Waals surface area (Å²) in [6, 6.07) is 18.6. The van der Waals surface area contributed by atoms with E-state index in [1.807, 2.05) is 36.4 Å². The lowest BCUT2D eigenvalue weighted by atomic mass is 9.85. The Morgan fingerprint density at radius 3 is 2.27 bits per heavy atom. The van der Waals surface area contributed by atoms with Gasteiger partial charge in [0.05, 0.1) is 17.5 Å². The molecule has 0 radical (unpaired) electrons. The van der Waals surface area contributed by atoms with Crippen molar-refractivity contribution in [3.8, 4) is 0 Å². The summed E-state index contributed by atoms with van der Waals surface area (Å²) in [5, 5.41) is 2.80. The molecule has 2 atom stereocenters. The first kappa shape index (κ1) is 14.3. The van der Waals surface area contributed by atoms with Crippen LogP contribution in [0.3, 0.4) is 0 Å². The molecule has 0 saturated carbocycles. The van der Waals surface area contributed by atoms with Crippen molar-refractivity contribution in [2.24, 2.45) is 5.92 Å². The number of hydrogen-bond donors (Lipinski definition) is 1. The zero-order valence-electron chi connectivity index (χ0n) is 12.1. The van der Waals surface area contributed by atoms with Crippen LogP contribution in [-0.2, 0) is 16.0 Å². The Hall–Kier alpha value is -2.62. The number of rotatable bonds is 5. The van der Waals surface area contributed by atoms with E-state index in [4.69, 9.17) is 4.74 Å². The monoisotopic (exact) mass is 295 g/mol. The molecule has 2 aromatic rings. The Kier molecular flexibility index (Phi) is 4.19. The van der Waals surface area contributed by atoms with Crippen LogP contribution in [-0.4, -0.2) is 24.5 Å². The standard InChI is InChI=1S/C18H17NO3/c20-17-15(11-13-7-3-1-4-8-13)16(19-17)12-22-18(21)14-9-5-2-6-10-14/h1-10,15-16H,11-12H2,(H,19,20)/t15-,16+/m0/s1. The summed E-state index contributed by atoms with van der Waals surface area (Å²) in [6.45, 7) is 0.205. The topological polar surface area (TPSA) is 55.4 Å². The zero-order valence-corrected chi connectivity index (χ0v) is 12.1. The number of esters is 1. The average molecular weight is 295 g/mol. The van der Waals surface area contributed by atoms with E-state index in [0.717, 1.165) is 5.56 Å². The summed E-state index contributed by atoms with van der Waals surface area (Å²) in [6.07, 6.45) is 0.667. The highest BCUT2D eigenvalue weighted by Crippen LogP contribution is 2.21. The third-order valence-electron chi connectivity index (χ3n) is 3.85. The summed E-state index contributed by atoms with van der Waals surface area (Å²) in [4.78, 5) is 23.6. The minimum absolute atomic E-state index is 0.0182. The summed E-state index contributed by atoms with van der Waals surface area (Å²) >= 11 is 0. The van der Waals surface area contributed by atoms with Crippen LogP contribution in [0.2, 0.25) is 0 Å². The summed E-state index contributed by atoms with van der Waals surface area (Å²) < 4.78 is 5.29. The number of carbonyl (C=O) groups is 2. The second-order valence-electron chi connectivity index (χ2n) is 5.38. The molecule has 4 heteroatoms. The van der Waals surface area contributed by atoms with Gasteiger partial charge in [-0.05, 0) is 24.1 Å². The Morgan fingerprint density at radius 1 is 1.00 bits per heavy atom. The number of β-lactam (4-membered cyclic amide) rings is 1. The molecule has 1 fully saturated rings. The van der Waals surface area contributed by atoms with Crippen LogP contribution in [0.1, 0.15) is 15.9 Å². The van der Waals surface area contributed by atoms with E-state index >= 15 is 0 Å². The third kappa shape index (κ3) is 3.17. The number of benzene rings is 2.